The highest BCUT2D eigenvalue weighted by molar-refractivity contribution is 6.10. The van der Waals surface area contributed by atoms with E-state index in [4.69, 9.17) is 9.47 Å². The van der Waals surface area contributed by atoms with Gasteiger partial charge in [-0.05, 0) is 36.4 Å². The van der Waals surface area contributed by atoms with Gasteiger partial charge in [-0.3, -0.25) is 0 Å². The highest BCUT2D eigenvalue weighted by Gasteiger charge is 2.27. The van der Waals surface area contributed by atoms with E-state index in [0.29, 0.717) is 17.2 Å². The number of imide groups is 1. The number of rotatable bonds is 3. The van der Waals surface area contributed by atoms with E-state index in [1.165, 1.54) is 0 Å². The Bertz CT molecular complexity index is 782. The molecule has 0 saturated carbocycles. The maximum Gasteiger partial charge on any atom is 0.429 e. The van der Waals surface area contributed by atoms with Gasteiger partial charge in [0.2, 0.25) is 0 Å². The molecule has 5 nitrogen and oxygen atoms in total. The SMILES string of the molecule is O=C(Oc1ccccc1)N(C(=O)Oc1ccccc1)c1ccccc1. The summed E-state index contributed by atoms with van der Waals surface area (Å²) in [5.41, 5.74) is 0.351. The van der Waals surface area contributed by atoms with E-state index < -0.39 is 12.2 Å². The van der Waals surface area contributed by atoms with Crippen LogP contribution in [0, 0.1) is 0 Å². The molecule has 3 aromatic rings. The molecule has 0 unspecified atom stereocenters. The molecule has 0 heterocycles. The van der Waals surface area contributed by atoms with Crippen LogP contribution in [-0.2, 0) is 0 Å². The fraction of sp³-hybridized carbons (Fsp3) is 0. The lowest BCUT2D eigenvalue weighted by Crippen LogP contribution is -2.41. The minimum atomic E-state index is -0.849. The lowest BCUT2D eigenvalue weighted by Gasteiger charge is -2.19. The molecule has 0 radical (unpaired) electrons. The van der Waals surface area contributed by atoms with Crippen molar-refractivity contribution in [2.75, 3.05) is 4.90 Å². The summed E-state index contributed by atoms with van der Waals surface area (Å²) in [6, 6.07) is 25.5. The van der Waals surface area contributed by atoms with Crippen molar-refractivity contribution in [3.05, 3.63) is 91.0 Å². The largest absolute Gasteiger partial charge is 0.429 e. The van der Waals surface area contributed by atoms with Crippen LogP contribution in [0.4, 0.5) is 15.3 Å². The van der Waals surface area contributed by atoms with Crippen molar-refractivity contribution in [3.8, 4) is 11.5 Å². The van der Waals surface area contributed by atoms with E-state index in [2.05, 4.69) is 0 Å². The summed E-state index contributed by atoms with van der Waals surface area (Å²) in [7, 11) is 0. The molecule has 0 aliphatic rings. The molecule has 3 rings (SSSR count). The molecular formula is C20H15NO4. The minimum Gasteiger partial charge on any atom is -0.410 e. The number of hydrogen-bond acceptors (Lipinski definition) is 4. The van der Waals surface area contributed by atoms with Crippen LogP contribution in [0.25, 0.3) is 0 Å². The molecule has 124 valence electrons. The summed E-state index contributed by atoms with van der Waals surface area (Å²) < 4.78 is 10.6. The molecule has 3 aromatic carbocycles. The zero-order chi connectivity index (χ0) is 17.5. The number of carbonyl (C=O) groups is 2. The number of ether oxygens (including phenoxy) is 2. The average Bonchev–Trinajstić information content (AvgIpc) is 2.64. The summed E-state index contributed by atoms with van der Waals surface area (Å²) in [4.78, 5) is 25.9. The Balaban J connectivity index is 1.85. The Kier molecular flexibility index (Phi) is 5.07. The number of amides is 2. The fourth-order valence-corrected chi connectivity index (χ4v) is 2.13. The maximum absolute atomic E-state index is 12.5. The summed E-state index contributed by atoms with van der Waals surface area (Å²) in [5, 5.41) is 0. The van der Waals surface area contributed by atoms with Gasteiger partial charge in [0, 0.05) is 0 Å². The molecule has 0 fully saturated rings. The van der Waals surface area contributed by atoms with Gasteiger partial charge in [-0.1, -0.05) is 54.6 Å². The lowest BCUT2D eigenvalue weighted by atomic mass is 10.3. The van der Waals surface area contributed by atoms with Crippen molar-refractivity contribution in [1.29, 1.82) is 0 Å². The molecule has 2 amide bonds. The van der Waals surface area contributed by atoms with Crippen LogP contribution in [0.15, 0.2) is 91.0 Å². The van der Waals surface area contributed by atoms with Gasteiger partial charge >= 0.3 is 12.2 Å². The standard InChI is InChI=1S/C20H15NO4/c22-19(24-17-12-6-2-7-13-17)21(16-10-4-1-5-11-16)20(23)25-18-14-8-3-9-15-18/h1-15H. The first kappa shape index (κ1) is 16.3. The molecule has 0 atom stereocenters. The van der Waals surface area contributed by atoms with E-state index in [1.54, 1.807) is 91.0 Å². The number of anilines is 1. The predicted molar refractivity (Wildman–Crippen MR) is 93.9 cm³/mol. The van der Waals surface area contributed by atoms with E-state index in [0.717, 1.165) is 4.90 Å². The van der Waals surface area contributed by atoms with Crippen molar-refractivity contribution in [2.45, 2.75) is 0 Å². The van der Waals surface area contributed by atoms with Crippen LogP contribution in [0.1, 0.15) is 0 Å². The number of hydrogen-bond donors (Lipinski definition) is 0. The Hall–Kier alpha value is -3.60. The van der Waals surface area contributed by atoms with E-state index in [9.17, 15) is 9.59 Å². The molecule has 0 N–H and O–H groups in total. The monoisotopic (exact) mass is 333 g/mol. The predicted octanol–water partition coefficient (Wildman–Crippen LogP) is 4.89. The van der Waals surface area contributed by atoms with Crippen molar-refractivity contribution in [3.63, 3.8) is 0 Å². The quantitative estimate of drug-likeness (QED) is 0.685. The van der Waals surface area contributed by atoms with Gasteiger partial charge < -0.3 is 9.47 Å². The third-order valence-electron chi connectivity index (χ3n) is 3.28. The molecule has 0 bridgehead atoms. The zero-order valence-corrected chi connectivity index (χ0v) is 13.2. The first-order valence-corrected chi connectivity index (χ1v) is 7.63. The first-order chi connectivity index (χ1) is 12.2. The Morgan fingerprint density at radius 1 is 0.560 bits per heavy atom. The second-order valence-corrected chi connectivity index (χ2v) is 5.03. The van der Waals surface area contributed by atoms with E-state index in [1.807, 2.05) is 0 Å². The van der Waals surface area contributed by atoms with Crippen LogP contribution < -0.4 is 14.4 Å². The van der Waals surface area contributed by atoms with Gasteiger partial charge in [0.1, 0.15) is 11.5 Å². The van der Waals surface area contributed by atoms with Crippen molar-refractivity contribution >= 4 is 17.9 Å². The highest BCUT2D eigenvalue weighted by atomic mass is 16.6. The lowest BCUT2D eigenvalue weighted by molar-refractivity contribution is 0.191. The molecule has 0 aromatic heterocycles. The molecule has 25 heavy (non-hydrogen) atoms. The van der Waals surface area contributed by atoms with Gasteiger partial charge in [0.25, 0.3) is 0 Å². The van der Waals surface area contributed by atoms with Gasteiger partial charge in [0.05, 0.1) is 5.69 Å². The molecule has 0 saturated heterocycles. The van der Waals surface area contributed by atoms with Gasteiger partial charge in [-0.25, -0.2) is 9.59 Å². The molecule has 0 spiro atoms. The summed E-state index contributed by atoms with van der Waals surface area (Å²) >= 11 is 0. The third kappa shape index (κ3) is 4.23. The van der Waals surface area contributed by atoms with Gasteiger partial charge in [0.15, 0.2) is 0 Å². The van der Waals surface area contributed by atoms with Crippen molar-refractivity contribution in [1.82, 2.24) is 0 Å². The number of nitrogens with zero attached hydrogens (tertiary/aromatic N) is 1. The summed E-state index contributed by atoms with van der Waals surface area (Å²) in [6.45, 7) is 0. The highest BCUT2D eigenvalue weighted by Crippen LogP contribution is 2.20. The number of para-hydroxylation sites is 3. The molecule has 0 aliphatic carbocycles. The Morgan fingerprint density at radius 3 is 1.32 bits per heavy atom. The molecule has 0 aliphatic heterocycles. The van der Waals surface area contributed by atoms with Crippen LogP contribution in [0.2, 0.25) is 0 Å². The Morgan fingerprint density at radius 2 is 0.920 bits per heavy atom. The van der Waals surface area contributed by atoms with Crippen molar-refractivity contribution in [2.24, 2.45) is 0 Å². The maximum atomic E-state index is 12.5. The first-order valence-electron chi connectivity index (χ1n) is 7.63. The van der Waals surface area contributed by atoms with E-state index >= 15 is 0 Å². The van der Waals surface area contributed by atoms with Gasteiger partial charge in [-0.2, -0.15) is 4.90 Å². The van der Waals surface area contributed by atoms with Crippen LogP contribution in [0.3, 0.4) is 0 Å². The van der Waals surface area contributed by atoms with Crippen LogP contribution in [0.5, 0.6) is 11.5 Å². The van der Waals surface area contributed by atoms with E-state index in [-0.39, 0.29) is 0 Å². The smallest absolute Gasteiger partial charge is 0.410 e. The zero-order valence-electron chi connectivity index (χ0n) is 13.2. The molecular weight excluding hydrogens is 318 g/mol. The van der Waals surface area contributed by atoms with Crippen molar-refractivity contribution < 1.29 is 19.1 Å². The van der Waals surface area contributed by atoms with Crippen LogP contribution >= 0.6 is 0 Å². The average molecular weight is 333 g/mol. The summed E-state index contributed by atoms with van der Waals surface area (Å²) in [5.74, 6) is 0.668. The molecule has 5 heteroatoms. The minimum absolute atomic E-state index is 0.334. The third-order valence-corrected chi connectivity index (χ3v) is 3.28. The number of benzene rings is 3. The topological polar surface area (TPSA) is 55.8 Å². The second-order valence-electron chi connectivity index (χ2n) is 5.03. The van der Waals surface area contributed by atoms with Crippen LogP contribution in [-0.4, -0.2) is 12.2 Å². The fourth-order valence-electron chi connectivity index (χ4n) is 2.13. The summed E-state index contributed by atoms with van der Waals surface area (Å²) in [6.07, 6.45) is -1.70. The van der Waals surface area contributed by atoms with Gasteiger partial charge in [-0.15, -0.1) is 0 Å². The second kappa shape index (κ2) is 7.79. The normalized spacial score (nSPS) is 9.92. The number of carbonyl (C=O) groups excluding carboxylic acids is 2. The Labute approximate surface area is 145 Å².